The Morgan fingerprint density at radius 2 is 2.09 bits per heavy atom. The van der Waals surface area contributed by atoms with Gasteiger partial charge in [-0.3, -0.25) is 4.90 Å². The molecule has 0 saturated carbocycles. The molecule has 0 aliphatic carbocycles. The van der Waals surface area contributed by atoms with Crippen molar-refractivity contribution in [3.63, 3.8) is 0 Å². The van der Waals surface area contributed by atoms with E-state index in [4.69, 9.17) is 0 Å². The van der Waals surface area contributed by atoms with Crippen LogP contribution in [-0.4, -0.2) is 37.1 Å². The van der Waals surface area contributed by atoms with Gasteiger partial charge in [0, 0.05) is 25.7 Å². The highest BCUT2D eigenvalue weighted by Crippen LogP contribution is 1.99. The third-order valence-electron chi connectivity index (χ3n) is 2.05. The van der Waals surface area contributed by atoms with Gasteiger partial charge < -0.3 is 5.32 Å². The Morgan fingerprint density at radius 3 is 2.45 bits per heavy atom. The van der Waals surface area contributed by atoms with Crippen molar-refractivity contribution in [2.24, 2.45) is 0 Å². The molecule has 1 aliphatic heterocycles. The molecular weight excluding hydrogens is 136 g/mol. The van der Waals surface area contributed by atoms with E-state index in [0.717, 1.165) is 19.1 Å². The molecule has 11 heavy (non-hydrogen) atoms. The summed E-state index contributed by atoms with van der Waals surface area (Å²) >= 11 is 0. The minimum atomic E-state index is 0.740. The molecule has 2 heteroatoms. The molecule has 1 saturated heterocycles. The van der Waals surface area contributed by atoms with E-state index in [1.54, 1.807) is 0 Å². The summed E-state index contributed by atoms with van der Waals surface area (Å²) in [6, 6.07) is 0.740. The fourth-order valence-electron chi connectivity index (χ4n) is 1.35. The van der Waals surface area contributed by atoms with Gasteiger partial charge in [0.25, 0.3) is 0 Å². The van der Waals surface area contributed by atoms with E-state index < -0.39 is 0 Å². The van der Waals surface area contributed by atoms with Crippen molar-refractivity contribution in [2.45, 2.75) is 33.7 Å². The van der Waals surface area contributed by atoms with Gasteiger partial charge in [-0.15, -0.1) is 0 Å². The fourth-order valence-corrected chi connectivity index (χ4v) is 1.35. The molecule has 0 bridgehead atoms. The number of nitrogens with one attached hydrogen (secondary N) is 1. The lowest BCUT2D eigenvalue weighted by Gasteiger charge is -2.32. The molecule has 0 aromatic heterocycles. The lowest BCUT2D eigenvalue weighted by atomic mass is 10.2. The van der Waals surface area contributed by atoms with Gasteiger partial charge in [0.05, 0.1) is 0 Å². The third-order valence-corrected chi connectivity index (χ3v) is 2.05. The van der Waals surface area contributed by atoms with Crippen molar-refractivity contribution in [3.8, 4) is 0 Å². The Bertz CT molecular complexity index is 83.6. The highest BCUT2D eigenvalue weighted by molar-refractivity contribution is 4.74. The normalized spacial score (nSPS) is 25.6. The van der Waals surface area contributed by atoms with Gasteiger partial charge in [-0.05, 0) is 13.5 Å². The lowest BCUT2D eigenvalue weighted by molar-refractivity contribution is 0.183. The van der Waals surface area contributed by atoms with Crippen molar-refractivity contribution in [3.05, 3.63) is 0 Å². The summed E-state index contributed by atoms with van der Waals surface area (Å²) in [7, 11) is 0. The molecule has 2 nitrogen and oxygen atoms in total. The smallest absolute Gasteiger partial charge is 0.0192 e. The molecule has 1 atom stereocenters. The van der Waals surface area contributed by atoms with Crippen LogP contribution in [0.3, 0.4) is 0 Å². The lowest BCUT2D eigenvalue weighted by Crippen LogP contribution is -2.49. The maximum Gasteiger partial charge on any atom is 0.0192 e. The number of hydrogen-bond acceptors (Lipinski definition) is 2. The summed E-state index contributed by atoms with van der Waals surface area (Å²) < 4.78 is 0. The number of nitrogens with zero attached hydrogens (tertiary/aromatic N) is 1. The molecule has 0 radical (unpaired) electrons. The van der Waals surface area contributed by atoms with Gasteiger partial charge in [-0.2, -0.15) is 0 Å². The molecule has 0 aromatic carbocycles. The van der Waals surface area contributed by atoms with Crippen molar-refractivity contribution < 1.29 is 0 Å². The minimum Gasteiger partial charge on any atom is -0.314 e. The van der Waals surface area contributed by atoms with E-state index in [1.165, 1.54) is 13.1 Å². The Kier molecular flexibility index (Phi) is 6.57. The van der Waals surface area contributed by atoms with E-state index in [2.05, 4.69) is 24.1 Å². The second kappa shape index (κ2) is 6.62. The fraction of sp³-hybridized carbons (Fsp3) is 1.00. The van der Waals surface area contributed by atoms with E-state index >= 15 is 0 Å². The second-order valence-electron chi connectivity index (χ2n) is 2.68. The first kappa shape index (κ1) is 10.9. The van der Waals surface area contributed by atoms with Crippen LogP contribution in [0.15, 0.2) is 0 Å². The zero-order valence-electron chi connectivity index (χ0n) is 8.35. The highest BCUT2D eigenvalue weighted by atomic mass is 15.2. The first-order chi connectivity index (χ1) is 5.34. The molecule has 1 fully saturated rings. The molecule has 0 aromatic rings. The van der Waals surface area contributed by atoms with E-state index in [9.17, 15) is 0 Å². The van der Waals surface area contributed by atoms with Crippen LogP contribution in [0.25, 0.3) is 0 Å². The SMILES string of the molecule is CC.CCN1CCNCC1C. The Labute approximate surface area is 71.0 Å². The number of hydrogen-bond donors (Lipinski definition) is 1. The third kappa shape index (κ3) is 3.73. The van der Waals surface area contributed by atoms with Gasteiger partial charge in [0.2, 0.25) is 0 Å². The summed E-state index contributed by atoms with van der Waals surface area (Å²) in [4.78, 5) is 2.50. The summed E-state index contributed by atoms with van der Waals surface area (Å²) in [5, 5.41) is 3.36. The molecule has 0 spiro atoms. The molecule has 1 aliphatic rings. The van der Waals surface area contributed by atoms with Gasteiger partial charge >= 0.3 is 0 Å². The first-order valence-corrected chi connectivity index (χ1v) is 4.79. The van der Waals surface area contributed by atoms with Crippen LogP contribution in [0.2, 0.25) is 0 Å². The van der Waals surface area contributed by atoms with Gasteiger partial charge in [0.1, 0.15) is 0 Å². The van der Waals surface area contributed by atoms with Gasteiger partial charge in [0.15, 0.2) is 0 Å². The topological polar surface area (TPSA) is 15.3 Å². The standard InChI is InChI=1S/C7H16N2.C2H6/c1-3-9-5-4-8-6-7(9)2;1-2/h7-8H,3-6H2,1-2H3;1-2H3. The zero-order valence-corrected chi connectivity index (χ0v) is 8.35. The highest BCUT2D eigenvalue weighted by Gasteiger charge is 2.14. The molecule has 0 amide bonds. The summed E-state index contributed by atoms with van der Waals surface area (Å²) in [5.74, 6) is 0. The van der Waals surface area contributed by atoms with E-state index in [1.807, 2.05) is 13.8 Å². The molecule has 68 valence electrons. The van der Waals surface area contributed by atoms with Crippen molar-refractivity contribution in [2.75, 3.05) is 26.2 Å². The Morgan fingerprint density at radius 1 is 1.45 bits per heavy atom. The maximum absolute atomic E-state index is 3.36. The summed E-state index contributed by atoms with van der Waals surface area (Å²) in [6.45, 7) is 13.2. The number of piperazine rings is 1. The van der Waals surface area contributed by atoms with Crippen LogP contribution >= 0.6 is 0 Å². The molecule has 1 heterocycles. The second-order valence-corrected chi connectivity index (χ2v) is 2.68. The van der Waals surface area contributed by atoms with Crippen molar-refractivity contribution in [1.82, 2.24) is 10.2 Å². The molecule has 1 N–H and O–H groups in total. The largest absolute Gasteiger partial charge is 0.314 e. The minimum absolute atomic E-state index is 0.740. The molecule has 1 unspecified atom stereocenters. The van der Waals surface area contributed by atoms with Crippen LogP contribution in [0, 0.1) is 0 Å². The monoisotopic (exact) mass is 158 g/mol. The summed E-state index contributed by atoms with van der Waals surface area (Å²) in [6.07, 6.45) is 0. The van der Waals surface area contributed by atoms with Gasteiger partial charge in [-0.1, -0.05) is 20.8 Å². The number of likely N-dealkylation sites (N-methyl/N-ethyl adjacent to an activating group) is 1. The van der Waals surface area contributed by atoms with Crippen LogP contribution < -0.4 is 5.32 Å². The first-order valence-electron chi connectivity index (χ1n) is 4.79. The van der Waals surface area contributed by atoms with E-state index in [-0.39, 0.29) is 0 Å². The summed E-state index contributed by atoms with van der Waals surface area (Å²) in [5.41, 5.74) is 0. The average molecular weight is 158 g/mol. The van der Waals surface area contributed by atoms with E-state index in [0.29, 0.717) is 0 Å². The molecule has 1 rings (SSSR count). The van der Waals surface area contributed by atoms with Crippen molar-refractivity contribution >= 4 is 0 Å². The predicted octanol–water partition coefficient (Wildman–Crippen LogP) is 1.33. The van der Waals surface area contributed by atoms with Gasteiger partial charge in [-0.25, -0.2) is 0 Å². The maximum atomic E-state index is 3.36. The molecular formula is C9H22N2. The Balaban J connectivity index is 0.000000461. The van der Waals surface area contributed by atoms with Crippen molar-refractivity contribution in [1.29, 1.82) is 0 Å². The van der Waals surface area contributed by atoms with Crippen LogP contribution in [0.4, 0.5) is 0 Å². The van der Waals surface area contributed by atoms with Crippen LogP contribution in [0.5, 0.6) is 0 Å². The van der Waals surface area contributed by atoms with Crippen LogP contribution in [-0.2, 0) is 0 Å². The average Bonchev–Trinajstić information content (AvgIpc) is 2.09. The predicted molar refractivity (Wildman–Crippen MR) is 50.9 cm³/mol. The quantitative estimate of drug-likeness (QED) is 0.619. The number of rotatable bonds is 1. The van der Waals surface area contributed by atoms with Crippen LogP contribution in [0.1, 0.15) is 27.7 Å². The zero-order chi connectivity index (χ0) is 8.69. The Hall–Kier alpha value is -0.0800.